The standard InChI is InChI=1S/C62H109N2O6P/c1-6-8-10-12-14-16-18-20-21-22-23-24-25-26-27-28-29-30-31-32-33-34-35-36-37-38-39-40-41-42-43-44-46-48-50-52-54-56-62(66)63-60(59-70-71(67,68)69-58-57-64(3,4)5)61(65)55-53-51-49-47-45-19-17-15-13-11-9-7-2/h8,10,13-16,20-21,23-24,26-27,29-30,45,47,53,55,60-61,65H,6-7,9,11-12,17-19,22,25,28,31-44,46,48-52,54,56-59H2,1-5H3,(H-,63,66,67,68)/b10-8-,15-13+,16-14-,21-20-,24-23-,27-26-,30-29-,47-45+,55-53+. The highest BCUT2D eigenvalue weighted by atomic mass is 31.2. The second-order valence-corrected chi connectivity index (χ2v) is 21.7. The first-order valence-electron chi connectivity index (χ1n) is 28.7. The Hall–Kier alpha value is -2.84. The minimum Gasteiger partial charge on any atom is -0.756 e. The van der Waals surface area contributed by atoms with Crippen LogP contribution in [0.3, 0.4) is 0 Å². The maximum absolute atomic E-state index is 12.9. The Labute approximate surface area is 438 Å². The van der Waals surface area contributed by atoms with Crippen LogP contribution in [0.2, 0.25) is 0 Å². The number of nitrogens with one attached hydrogen (secondary N) is 1. The van der Waals surface area contributed by atoms with Gasteiger partial charge in [-0.2, -0.15) is 0 Å². The minimum atomic E-state index is -4.61. The van der Waals surface area contributed by atoms with Crippen molar-refractivity contribution in [1.29, 1.82) is 0 Å². The Kier molecular flexibility index (Phi) is 50.0. The number of phosphoric ester groups is 1. The van der Waals surface area contributed by atoms with Crippen LogP contribution in [0.5, 0.6) is 0 Å². The zero-order valence-electron chi connectivity index (χ0n) is 46.4. The van der Waals surface area contributed by atoms with Crippen LogP contribution in [0.25, 0.3) is 0 Å². The number of aliphatic hydroxyl groups excluding tert-OH is 1. The summed E-state index contributed by atoms with van der Waals surface area (Å²) in [6.45, 7) is 4.44. The minimum absolute atomic E-state index is 0.0124. The van der Waals surface area contributed by atoms with E-state index in [-0.39, 0.29) is 12.5 Å². The van der Waals surface area contributed by atoms with E-state index in [1.807, 2.05) is 27.2 Å². The Bertz CT molecular complexity index is 1520. The first-order chi connectivity index (χ1) is 34.5. The quantitative estimate of drug-likeness (QED) is 0.0272. The van der Waals surface area contributed by atoms with Gasteiger partial charge in [-0.25, -0.2) is 0 Å². The number of likely N-dealkylation sites (N-methyl/N-ethyl adjacent to an activating group) is 1. The van der Waals surface area contributed by atoms with Gasteiger partial charge in [0.05, 0.1) is 39.9 Å². The van der Waals surface area contributed by atoms with E-state index in [1.54, 1.807) is 6.08 Å². The molecule has 0 rings (SSSR count). The van der Waals surface area contributed by atoms with Gasteiger partial charge in [-0.05, 0) is 89.9 Å². The van der Waals surface area contributed by atoms with E-state index in [2.05, 4.69) is 116 Å². The molecular weight excluding hydrogens is 900 g/mol. The van der Waals surface area contributed by atoms with E-state index in [0.717, 1.165) is 89.9 Å². The zero-order chi connectivity index (χ0) is 52.0. The zero-order valence-corrected chi connectivity index (χ0v) is 47.3. The molecule has 0 fully saturated rings. The van der Waals surface area contributed by atoms with Gasteiger partial charge in [0.2, 0.25) is 5.91 Å². The SMILES string of the molecule is CC/C=C\C/C=C\C/C=C\C/C=C\C/C=C\C/C=C\CCCCCCCCCCCCCCCCCCCCC(=O)NC(COP(=O)([O-])OCC[N+](C)(C)C)C(O)/C=C/CC/C=C/CC/C=C/CCCC. The second kappa shape index (κ2) is 52.0. The van der Waals surface area contributed by atoms with Gasteiger partial charge < -0.3 is 28.8 Å². The summed E-state index contributed by atoms with van der Waals surface area (Å²) in [6.07, 6.45) is 76.2. The van der Waals surface area contributed by atoms with Gasteiger partial charge in [-0.3, -0.25) is 9.36 Å². The van der Waals surface area contributed by atoms with Crippen molar-refractivity contribution in [3.8, 4) is 0 Å². The predicted octanol–water partition coefficient (Wildman–Crippen LogP) is 17.0. The molecular formula is C62H109N2O6P. The van der Waals surface area contributed by atoms with E-state index in [1.165, 1.54) is 116 Å². The van der Waals surface area contributed by atoms with Crippen LogP contribution in [0.1, 0.15) is 226 Å². The van der Waals surface area contributed by atoms with Crippen LogP contribution < -0.4 is 10.2 Å². The summed E-state index contributed by atoms with van der Waals surface area (Å²) in [7, 11) is 1.23. The van der Waals surface area contributed by atoms with Crippen LogP contribution in [0.4, 0.5) is 0 Å². The maximum Gasteiger partial charge on any atom is 0.268 e. The Morgan fingerprint density at radius 2 is 0.873 bits per heavy atom. The number of amides is 1. The largest absolute Gasteiger partial charge is 0.756 e. The normalized spacial score (nSPS) is 14.7. The summed E-state index contributed by atoms with van der Waals surface area (Å²) in [4.78, 5) is 25.4. The monoisotopic (exact) mass is 1010 g/mol. The molecule has 9 heteroatoms. The number of phosphoric acid groups is 1. The van der Waals surface area contributed by atoms with E-state index < -0.39 is 26.6 Å². The van der Waals surface area contributed by atoms with Crippen molar-refractivity contribution in [2.45, 2.75) is 238 Å². The maximum atomic E-state index is 12.9. The van der Waals surface area contributed by atoms with Crippen molar-refractivity contribution in [2.75, 3.05) is 40.9 Å². The molecule has 0 spiro atoms. The number of quaternary nitrogens is 1. The van der Waals surface area contributed by atoms with Crippen LogP contribution in [-0.4, -0.2) is 68.5 Å². The van der Waals surface area contributed by atoms with E-state index in [9.17, 15) is 19.4 Å². The molecule has 0 aliphatic carbocycles. The molecule has 0 saturated heterocycles. The Morgan fingerprint density at radius 3 is 1.31 bits per heavy atom. The van der Waals surface area contributed by atoms with Crippen molar-refractivity contribution >= 4 is 13.7 Å². The van der Waals surface area contributed by atoms with Crippen molar-refractivity contribution in [2.24, 2.45) is 0 Å². The fraction of sp³-hybridized carbons (Fsp3) is 0.694. The van der Waals surface area contributed by atoms with Crippen LogP contribution in [0, 0.1) is 0 Å². The summed E-state index contributed by atoms with van der Waals surface area (Å²) in [6, 6.07) is -0.913. The number of hydrogen-bond donors (Lipinski definition) is 2. The summed E-state index contributed by atoms with van der Waals surface area (Å²) in [5.41, 5.74) is 0. The van der Waals surface area contributed by atoms with Gasteiger partial charge in [0.25, 0.3) is 7.82 Å². The molecule has 0 heterocycles. The lowest BCUT2D eigenvalue weighted by atomic mass is 10.0. The molecule has 0 aromatic heterocycles. The first-order valence-corrected chi connectivity index (χ1v) is 30.2. The molecule has 408 valence electrons. The Balaban J connectivity index is 4.01. The molecule has 71 heavy (non-hydrogen) atoms. The van der Waals surface area contributed by atoms with Crippen LogP contribution in [-0.2, 0) is 18.4 Å². The molecule has 0 aromatic carbocycles. The van der Waals surface area contributed by atoms with E-state index in [0.29, 0.717) is 17.4 Å². The third-order valence-electron chi connectivity index (χ3n) is 12.2. The molecule has 0 aromatic rings. The summed E-state index contributed by atoms with van der Waals surface area (Å²) < 4.78 is 23.2. The number of allylic oxidation sites excluding steroid dienone is 17. The van der Waals surface area contributed by atoms with Gasteiger partial charge in [-0.15, -0.1) is 0 Å². The van der Waals surface area contributed by atoms with Crippen LogP contribution >= 0.6 is 7.82 Å². The molecule has 2 N–H and O–H groups in total. The number of aliphatic hydroxyl groups is 1. The van der Waals surface area contributed by atoms with Crippen LogP contribution in [0.15, 0.2) is 109 Å². The van der Waals surface area contributed by atoms with Crippen molar-refractivity contribution in [3.63, 3.8) is 0 Å². The van der Waals surface area contributed by atoms with Gasteiger partial charge >= 0.3 is 0 Å². The number of carbonyl (C=O) groups excluding carboxylic acids is 1. The third kappa shape index (κ3) is 54.8. The molecule has 1 amide bonds. The van der Waals surface area contributed by atoms with Gasteiger partial charge in [0.15, 0.2) is 0 Å². The van der Waals surface area contributed by atoms with Gasteiger partial charge in [-0.1, -0.05) is 239 Å². The number of hydrogen-bond acceptors (Lipinski definition) is 6. The highest BCUT2D eigenvalue weighted by molar-refractivity contribution is 7.45. The molecule has 3 unspecified atom stereocenters. The van der Waals surface area contributed by atoms with Crippen molar-refractivity contribution in [1.82, 2.24) is 5.32 Å². The molecule has 0 aliphatic rings. The highest BCUT2D eigenvalue weighted by Gasteiger charge is 2.23. The van der Waals surface area contributed by atoms with E-state index >= 15 is 0 Å². The molecule has 3 atom stereocenters. The van der Waals surface area contributed by atoms with E-state index in [4.69, 9.17) is 9.05 Å². The average molecular weight is 1010 g/mol. The lowest BCUT2D eigenvalue weighted by Crippen LogP contribution is -2.45. The number of nitrogens with zero attached hydrogens (tertiary/aromatic N) is 1. The number of carbonyl (C=O) groups is 1. The van der Waals surface area contributed by atoms with Gasteiger partial charge in [0, 0.05) is 6.42 Å². The van der Waals surface area contributed by atoms with Gasteiger partial charge in [0.1, 0.15) is 13.2 Å². The lowest BCUT2D eigenvalue weighted by Gasteiger charge is -2.29. The topological polar surface area (TPSA) is 108 Å². The third-order valence-corrected chi connectivity index (χ3v) is 13.2. The fourth-order valence-corrected chi connectivity index (χ4v) is 8.43. The summed E-state index contributed by atoms with van der Waals surface area (Å²) in [5, 5.41) is 13.8. The predicted molar refractivity (Wildman–Crippen MR) is 306 cm³/mol. The average Bonchev–Trinajstić information content (AvgIpc) is 3.33. The second-order valence-electron chi connectivity index (χ2n) is 20.2. The smallest absolute Gasteiger partial charge is 0.268 e. The molecule has 0 bridgehead atoms. The fourth-order valence-electron chi connectivity index (χ4n) is 7.70. The lowest BCUT2D eigenvalue weighted by molar-refractivity contribution is -0.870. The molecule has 0 aliphatic heterocycles. The van der Waals surface area contributed by atoms with Crippen molar-refractivity contribution < 1.29 is 32.9 Å². The molecule has 8 nitrogen and oxygen atoms in total. The first kappa shape index (κ1) is 68.2. The highest BCUT2D eigenvalue weighted by Crippen LogP contribution is 2.38. The number of unbranched alkanes of at least 4 members (excludes halogenated alkanes) is 22. The molecule has 0 radical (unpaired) electrons. The molecule has 0 saturated carbocycles. The summed E-state index contributed by atoms with van der Waals surface area (Å²) >= 11 is 0. The number of rotatable bonds is 51. The van der Waals surface area contributed by atoms with Crippen molar-refractivity contribution in [3.05, 3.63) is 109 Å². The Morgan fingerprint density at radius 1 is 0.507 bits per heavy atom. The summed E-state index contributed by atoms with van der Waals surface area (Å²) in [5.74, 6) is -0.215.